The molecule has 2 rings (SSSR count). The van der Waals surface area contributed by atoms with E-state index in [0.29, 0.717) is 5.41 Å². The monoisotopic (exact) mass is 124 g/mol. The fraction of sp³-hybridized carbons (Fsp3) is 1.00. The third-order valence-corrected chi connectivity index (χ3v) is 4.22. The van der Waals surface area contributed by atoms with Crippen LogP contribution in [0.5, 0.6) is 0 Å². The molecular formula is C9H16. The fourth-order valence-electron chi connectivity index (χ4n) is 3.05. The lowest BCUT2D eigenvalue weighted by molar-refractivity contribution is 0.383. The van der Waals surface area contributed by atoms with Crippen LogP contribution in [0.3, 0.4) is 0 Å². The van der Waals surface area contributed by atoms with Gasteiger partial charge in [0.15, 0.2) is 0 Å². The average molecular weight is 124 g/mol. The molecule has 2 fully saturated rings. The Bertz CT molecular complexity index is 146. The lowest BCUT2D eigenvalue weighted by Crippen LogP contribution is -2.02. The molecule has 0 N–H and O–H groups in total. The minimum atomic E-state index is 0.700. The maximum atomic E-state index is 2.46. The molecular weight excluding hydrogens is 108 g/mol. The molecule has 0 nitrogen and oxygen atoms in total. The maximum Gasteiger partial charge on any atom is -0.0238 e. The van der Waals surface area contributed by atoms with Crippen molar-refractivity contribution in [1.29, 1.82) is 0 Å². The van der Waals surface area contributed by atoms with Crippen molar-refractivity contribution < 1.29 is 0 Å². The van der Waals surface area contributed by atoms with Gasteiger partial charge >= 0.3 is 0 Å². The molecule has 0 aromatic rings. The van der Waals surface area contributed by atoms with Crippen LogP contribution in [-0.4, -0.2) is 0 Å². The average Bonchev–Trinajstić information content (AvgIpc) is 2.21. The Morgan fingerprint density at radius 2 is 1.89 bits per heavy atom. The topological polar surface area (TPSA) is 0 Å². The van der Waals surface area contributed by atoms with Gasteiger partial charge in [-0.15, -0.1) is 0 Å². The van der Waals surface area contributed by atoms with Gasteiger partial charge in [-0.3, -0.25) is 0 Å². The molecule has 2 unspecified atom stereocenters. The Labute approximate surface area is 57.6 Å². The summed E-state index contributed by atoms with van der Waals surface area (Å²) >= 11 is 0. The quantitative estimate of drug-likeness (QED) is 0.466. The summed E-state index contributed by atoms with van der Waals surface area (Å²) in [6.07, 6.45) is 4.48. The van der Waals surface area contributed by atoms with Gasteiger partial charge in [0.1, 0.15) is 0 Å². The Balaban J connectivity index is 2.26. The van der Waals surface area contributed by atoms with E-state index in [0.717, 1.165) is 11.3 Å². The van der Waals surface area contributed by atoms with Crippen LogP contribution in [0.15, 0.2) is 0 Å². The largest absolute Gasteiger partial charge is 0.0591 e. The van der Waals surface area contributed by atoms with Gasteiger partial charge in [-0.25, -0.2) is 0 Å². The van der Waals surface area contributed by atoms with Gasteiger partial charge < -0.3 is 0 Å². The smallest absolute Gasteiger partial charge is 0.0238 e. The van der Waals surface area contributed by atoms with Gasteiger partial charge in [-0.2, -0.15) is 0 Å². The van der Waals surface area contributed by atoms with Crippen LogP contribution >= 0.6 is 0 Å². The van der Waals surface area contributed by atoms with E-state index < -0.39 is 0 Å². The molecule has 0 heteroatoms. The predicted octanol–water partition coefficient (Wildman–Crippen LogP) is 2.83. The highest BCUT2D eigenvalue weighted by atomic mass is 14.7. The summed E-state index contributed by atoms with van der Waals surface area (Å²) in [6, 6.07) is 0. The Morgan fingerprint density at radius 1 is 1.22 bits per heavy atom. The Hall–Kier alpha value is 0. The fourth-order valence-corrected chi connectivity index (χ4v) is 3.05. The van der Waals surface area contributed by atoms with Crippen molar-refractivity contribution >= 4 is 0 Å². The van der Waals surface area contributed by atoms with E-state index in [4.69, 9.17) is 0 Å². The molecule has 0 aromatic heterocycles. The third-order valence-electron chi connectivity index (χ3n) is 4.22. The first kappa shape index (κ1) is 5.76. The van der Waals surface area contributed by atoms with Crippen LogP contribution in [-0.2, 0) is 0 Å². The molecule has 2 aliphatic carbocycles. The standard InChI is InChI=1S/C9H16/c1-8(2)7-5-4-6-9(7,8)3/h7H,4-6H2,1-3H3. The van der Waals surface area contributed by atoms with Gasteiger partial charge in [0.2, 0.25) is 0 Å². The lowest BCUT2D eigenvalue weighted by Gasteiger charge is -2.12. The number of hydrogen-bond donors (Lipinski definition) is 0. The normalized spacial score (nSPS) is 53.0. The molecule has 0 aromatic carbocycles. The summed E-state index contributed by atoms with van der Waals surface area (Å²) in [6.45, 7) is 7.32. The van der Waals surface area contributed by atoms with Gasteiger partial charge in [-0.05, 0) is 29.6 Å². The van der Waals surface area contributed by atoms with E-state index in [1.165, 1.54) is 19.3 Å². The van der Waals surface area contributed by atoms with Crippen LogP contribution in [0.2, 0.25) is 0 Å². The number of hydrogen-bond acceptors (Lipinski definition) is 0. The third kappa shape index (κ3) is 0.426. The second kappa shape index (κ2) is 1.21. The summed E-state index contributed by atoms with van der Waals surface area (Å²) in [5, 5.41) is 0. The molecule has 9 heavy (non-hydrogen) atoms. The molecule has 0 bridgehead atoms. The molecule has 2 aliphatic rings. The molecule has 0 radical (unpaired) electrons. The maximum absolute atomic E-state index is 2.46. The van der Waals surface area contributed by atoms with Crippen LogP contribution < -0.4 is 0 Å². The Morgan fingerprint density at radius 3 is 2.11 bits per heavy atom. The van der Waals surface area contributed by atoms with Gasteiger partial charge in [0, 0.05) is 0 Å². The second-order valence-electron chi connectivity index (χ2n) is 4.58. The molecule has 2 atom stereocenters. The highest BCUT2D eigenvalue weighted by Gasteiger charge is 2.68. The molecule has 0 saturated heterocycles. The van der Waals surface area contributed by atoms with Crippen LogP contribution in [0, 0.1) is 16.7 Å². The van der Waals surface area contributed by atoms with Crippen LogP contribution in [0.25, 0.3) is 0 Å². The first-order chi connectivity index (χ1) is 4.09. The van der Waals surface area contributed by atoms with Crippen molar-refractivity contribution in [3.8, 4) is 0 Å². The summed E-state index contributed by atoms with van der Waals surface area (Å²) in [5.41, 5.74) is 1.46. The SMILES string of the molecule is CC1(C)C2CCCC21C. The zero-order valence-corrected chi connectivity index (χ0v) is 6.70. The van der Waals surface area contributed by atoms with Crippen molar-refractivity contribution in [2.24, 2.45) is 16.7 Å². The van der Waals surface area contributed by atoms with Crippen LogP contribution in [0.4, 0.5) is 0 Å². The van der Waals surface area contributed by atoms with E-state index in [-0.39, 0.29) is 0 Å². The summed E-state index contributed by atoms with van der Waals surface area (Å²) in [4.78, 5) is 0. The highest BCUT2D eigenvalue weighted by molar-refractivity contribution is 5.17. The zero-order valence-electron chi connectivity index (χ0n) is 6.70. The number of fused-ring (bicyclic) bond motifs is 1. The van der Waals surface area contributed by atoms with Gasteiger partial charge in [0.05, 0.1) is 0 Å². The van der Waals surface area contributed by atoms with Gasteiger partial charge in [-0.1, -0.05) is 27.2 Å². The van der Waals surface area contributed by atoms with Crippen LogP contribution in [0.1, 0.15) is 40.0 Å². The van der Waals surface area contributed by atoms with Crippen molar-refractivity contribution in [3.63, 3.8) is 0 Å². The minimum Gasteiger partial charge on any atom is -0.0591 e. The van der Waals surface area contributed by atoms with E-state index >= 15 is 0 Å². The molecule has 2 saturated carbocycles. The first-order valence-electron chi connectivity index (χ1n) is 4.09. The molecule has 0 amide bonds. The van der Waals surface area contributed by atoms with Crippen molar-refractivity contribution in [2.45, 2.75) is 40.0 Å². The zero-order chi connectivity index (χ0) is 6.70. The van der Waals surface area contributed by atoms with E-state index in [1.807, 2.05) is 0 Å². The minimum absolute atomic E-state index is 0.700. The van der Waals surface area contributed by atoms with Crippen molar-refractivity contribution in [3.05, 3.63) is 0 Å². The predicted molar refractivity (Wildman–Crippen MR) is 39.2 cm³/mol. The van der Waals surface area contributed by atoms with Crippen molar-refractivity contribution in [2.75, 3.05) is 0 Å². The molecule has 52 valence electrons. The van der Waals surface area contributed by atoms with E-state index in [9.17, 15) is 0 Å². The summed E-state index contributed by atoms with van der Waals surface area (Å²) in [7, 11) is 0. The van der Waals surface area contributed by atoms with E-state index in [1.54, 1.807) is 0 Å². The molecule has 0 aliphatic heterocycles. The van der Waals surface area contributed by atoms with Crippen molar-refractivity contribution in [1.82, 2.24) is 0 Å². The first-order valence-corrected chi connectivity index (χ1v) is 4.09. The Kier molecular flexibility index (Phi) is 0.774. The van der Waals surface area contributed by atoms with E-state index in [2.05, 4.69) is 20.8 Å². The highest BCUT2D eigenvalue weighted by Crippen LogP contribution is 2.76. The second-order valence-corrected chi connectivity index (χ2v) is 4.58. The summed E-state index contributed by atoms with van der Waals surface area (Å²) in [5.74, 6) is 1.07. The summed E-state index contributed by atoms with van der Waals surface area (Å²) < 4.78 is 0. The number of rotatable bonds is 0. The van der Waals surface area contributed by atoms with Gasteiger partial charge in [0.25, 0.3) is 0 Å². The lowest BCUT2D eigenvalue weighted by atomic mass is 9.93. The molecule has 0 heterocycles. The molecule has 0 spiro atoms.